The molecule has 0 aliphatic carbocycles. The highest BCUT2D eigenvalue weighted by Gasteiger charge is 2.39. The van der Waals surface area contributed by atoms with Gasteiger partial charge < -0.3 is 82.3 Å². The lowest BCUT2D eigenvalue weighted by Crippen LogP contribution is -3.00. The zero-order chi connectivity index (χ0) is 91.8. The number of nitrogens with zero attached hydrogens (tertiary/aromatic N) is 2. The Balaban J connectivity index is -0.00000132. The molecule has 3 unspecified atom stereocenters. The van der Waals surface area contributed by atoms with E-state index in [4.69, 9.17) is 48.5 Å². The number of aromatic carboxylic acids is 2. The van der Waals surface area contributed by atoms with Crippen LogP contribution in [0.2, 0.25) is 0 Å². The lowest BCUT2D eigenvalue weighted by molar-refractivity contribution is -0.936. The minimum atomic E-state index is -0.870. The number of hydrogen-bond donors (Lipinski definition) is 3. The summed E-state index contributed by atoms with van der Waals surface area (Å²) in [4.78, 5) is 100. The van der Waals surface area contributed by atoms with E-state index >= 15 is 0 Å². The zero-order valence-electron chi connectivity index (χ0n) is 79.8. The monoisotopic (exact) mass is 1740 g/mol. The number of aliphatic hydroxyl groups excluding tert-OH is 1. The highest BCUT2D eigenvalue weighted by molar-refractivity contribution is 5.88. The normalized spacial score (nSPS) is 15.3. The molecule has 23 heteroatoms. The Morgan fingerprint density at radius 2 is 0.612 bits per heavy atom. The highest BCUT2D eigenvalue weighted by Crippen LogP contribution is 2.33. The quantitative estimate of drug-likeness (QED) is 0.0173. The van der Waals surface area contributed by atoms with Crippen LogP contribution in [0, 0.1) is 28.2 Å². The minimum absolute atomic E-state index is 0. The molecule has 121 heavy (non-hydrogen) atoms. The number of carboxylic acids is 2. The van der Waals surface area contributed by atoms with Gasteiger partial charge in [0.1, 0.15) is 13.2 Å². The van der Waals surface area contributed by atoms with Crippen molar-refractivity contribution in [3.05, 3.63) is 148 Å². The van der Waals surface area contributed by atoms with Gasteiger partial charge in [0.15, 0.2) is 0 Å². The molecule has 7 rings (SSSR count). The zero-order valence-corrected chi connectivity index (χ0v) is 81.3. The fraction of sp³-hybridized carbons (Fsp3) is 0.653. The molecule has 3 aliphatic rings. The summed E-state index contributed by atoms with van der Waals surface area (Å²) in [5.41, 5.74) is 7.72. The smallest absolute Gasteiger partial charge is 0.347 e. The van der Waals surface area contributed by atoms with Crippen molar-refractivity contribution in [3.63, 3.8) is 0 Å². The van der Waals surface area contributed by atoms with Gasteiger partial charge in [-0.25, -0.2) is 24.0 Å². The number of rotatable bonds is 33. The molecule has 0 amide bonds. The van der Waals surface area contributed by atoms with E-state index in [1.807, 2.05) is 65.8 Å². The molecule has 0 aromatic heterocycles. The first-order valence-corrected chi connectivity index (χ1v) is 43.5. The van der Waals surface area contributed by atoms with Crippen LogP contribution in [0.1, 0.15) is 332 Å². The van der Waals surface area contributed by atoms with Crippen LogP contribution in [0.15, 0.2) is 97.1 Å². The van der Waals surface area contributed by atoms with Crippen molar-refractivity contribution in [1.29, 1.82) is 0 Å². The molecule has 3 atom stereocenters. The van der Waals surface area contributed by atoms with E-state index in [9.17, 15) is 43.2 Å². The second-order valence-electron chi connectivity index (χ2n) is 36.2. The van der Waals surface area contributed by atoms with E-state index in [2.05, 4.69) is 180 Å². The van der Waals surface area contributed by atoms with Crippen molar-refractivity contribution >= 4 is 53.7 Å². The van der Waals surface area contributed by atoms with Crippen molar-refractivity contribution in [2.75, 3.05) is 65.8 Å². The highest BCUT2D eigenvalue weighted by atomic mass is 35.5. The number of halogens is 2. The van der Waals surface area contributed by atoms with E-state index in [0.29, 0.717) is 74.9 Å². The van der Waals surface area contributed by atoms with Gasteiger partial charge in [0.2, 0.25) is 18.3 Å². The molecule has 3 N–H and O–H groups in total. The van der Waals surface area contributed by atoms with Crippen LogP contribution in [-0.4, -0.2) is 162 Å². The first-order valence-electron chi connectivity index (χ1n) is 43.5. The van der Waals surface area contributed by atoms with Gasteiger partial charge in [-0.3, -0.25) is 19.2 Å². The van der Waals surface area contributed by atoms with Crippen molar-refractivity contribution in [1.82, 2.24) is 0 Å². The van der Waals surface area contributed by atoms with Crippen LogP contribution in [0.3, 0.4) is 0 Å². The summed E-state index contributed by atoms with van der Waals surface area (Å²) in [6.07, 6.45) is 6.63. The van der Waals surface area contributed by atoms with Crippen molar-refractivity contribution in [3.8, 4) is 0 Å². The molecule has 4 aromatic carbocycles. The summed E-state index contributed by atoms with van der Waals surface area (Å²) in [6.45, 7) is 74.1. The summed E-state index contributed by atoms with van der Waals surface area (Å²) in [6, 6.07) is 32.8. The topological polar surface area (TPSA) is 279 Å². The molecule has 0 saturated carbocycles. The fourth-order valence-electron chi connectivity index (χ4n) is 11.3. The SMILES string of the molecule is CCC(C)(C)C(=O)OC1CCOC1=O.CCC(C)(C)C(=O)OC1CCOC1=O.CCC(C)(C)C(=O)OC1CCOC1=O.CCC(C)(C)C(=O)OCCO.CCC(C)(C)c1ccc(C(=O)O)cc1.CCC(C)(C)c1ccc(C(=O)O)cc1.CCC(C)(C)c1ccc(C[N+](CC)(CC)CC)cc1.C[CH-][N+](CC)(CC)Cc1ccc(C(C)(C)CC)cc1.[Cl-].[Cl-]. The third kappa shape index (κ3) is 39.5. The predicted molar refractivity (Wildman–Crippen MR) is 474 cm³/mol. The van der Waals surface area contributed by atoms with Gasteiger partial charge >= 0.3 is 53.7 Å². The molecule has 0 spiro atoms. The molecular weight excluding hydrogens is 1580 g/mol. The van der Waals surface area contributed by atoms with Gasteiger partial charge in [-0.1, -0.05) is 184 Å². The van der Waals surface area contributed by atoms with Gasteiger partial charge in [-0.2, -0.15) is 0 Å². The van der Waals surface area contributed by atoms with Crippen molar-refractivity contribution in [2.24, 2.45) is 21.7 Å². The van der Waals surface area contributed by atoms with Crippen molar-refractivity contribution < 1.29 is 125 Å². The number of benzene rings is 4. The molecule has 0 bridgehead atoms. The molecule has 4 aromatic rings. The number of hydrogen-bond acceptors (Lipinski definition) is 17. The van der Waals surface area contributed by atoms with E-state index in [0.717, 1.165) is 49.9 Å². The number of carbonyl (C=O) groups is 9. The van der Waals surface area contributed by atoms with E-state index in [-0.39, 0.29) is 78.2 Å². The first kappa shape index (κ1) is 118. The van der Waals surface area contributed by atoms with Crippen LogP contribution in [0.5, 0.6) is 0 Å². The van der Waals surface area contributed by atoms with Crippen molar-refractivity contribution in [2.45, 2.75) is 331 Å². The maximum absolute atomic E-state index is 11.6. The molecular formula is C98H159Cl2N2O19-. The van der Waals surface area contributed by atoms with E-state index in [1.165, 1.54) is 70.3 Å². The molecule has 21 nitrogen and oxygen atoms in total. The molecule has 3 fully saturated rings. The number of cyclic esters (lactones) is 3. The number of esters is 7. The summed E-state index contributed by atoms with van der Waals surface area (Å²) >= 11 is 0. The molecule has 3 heterocycles. The molecule has 690 valence electrons. The maximum Gasteiger partial charge on any atom is 0.347 e. The lowest BCUT2D eigenvalue weighted by Gasteiger charge is -2.45. The summed E-state index contributed by atoms with van der Waals surface area (Å²) in [5.74, 6) is -4.25. The average molecular weight is 1740 g/mol. The Bertz CT molecular complexity index is 3420. The van der Waals surface area contributed by atoms with Gasteiger partial charge in [-0.15, -0.1) is 13.5 Å². The fourth-order valence-corrected chi connectivity index (χ4v) is 11.3. The van der Waals surface area contributed by atoms with Gasteiger partial charge in [0.25, 0.3) is 0 Å². The summed E-state index contributed by atoms with van der Waals surface area (Å²) in [7, 11) is 0. The second kappa shape index (κ2) is 55.0. The van der Waals surface area contributed by atoms with Crippen LogP contribution in [-0.2, 0) is 101 Å². The summed E-state index contributed by atoms with van der Waals surface area (Å²) < 4.78 is 36.3. The molecule has 3 aliphatic heterocycles. The minimum Gasteiger partial charge on any atom is -1.00 e. The largest absolute Gasteiger partial charge is 1.00 e. The summed E-state index contributed by atoms with van der Waals surface area (Å²) in [5, 5.41) is 25.8. The van der Waals surface area contributed by atoms with E-state index < -0.39 is 69.8 Å². The maximum atomic E-state index is 11.6. The average Bonchev–Trinajstić information content (AvgIpc) is 1.66. The molecule has 3 saturated heterocycles. The first-order chi connectivity index (χ1) is 55.2. The number of quaternary nitrogens is 2. The number of carbonyl (C=O) groups excluding carboxylic acids is 7. The van der Waals surface area contributed by atoms with Crippen LogP contribution < -0.4 is 24.8 Å². The standard InChI is InChI=1S/C18H32N.C18H31N.2C12H16O2.3C10H16O4.C8H16O3.2ClH/c2*1-7-18(5,6)17-13-11-16(12-14-17)15-19(8-2,9-3)10-4;2*1-4-12(2,3)10-7-5-9(6-8-10)11(13)14;3*1-4-10(2,3)9(12)14-7-5-6-13-8(7)11;1-4-8(2,3)7(10)11-6-5-9;;/h11-14H,7-10,15H2,1-6H3;8,11-14H,7,9-10,15H2,1-6H3;2*5-8H,4H2,1-3H3,(H,13,14);3*7H,4-6H2,1-3H3;9H,4-6H2,1-3H3;2*1H/q+1;;;;;;;;;/p-2. The number of carboxylic acid groups (broad SMARTS) is 2. The molecule has 0 radical (unpaired) electrons. The third-order valence-corrected chi connectivity index (χ3v) is 25.1. The van der Waals surface area contributed by atoms with Crippen LogP contribution in [0.25, 0.3) is 0 Å². The van der Waals surface area contributed by atoms with Gasteiger partial charge in [-0.05, 0) is 210 Å². The number of ether oxygens (including phenoxy) is 7. The Morgan fingerprint density at radius 1 is 0.372 bits per heavy atom. The van der Waals surface area contributed by atoms with Crippen LogP contribution in [0.4, 0.5) is 0 Å². The Kier molecular flexibility index (Phi) is 53.5. The lowest BCUT2D eigenvalue weighted by atomic mass is 9.82. The number of aliphatic hydroxyl groups is 1. The van der Waals surface area contributed by atoms with Crippen LogP contribution >= 0.6 is 0 Å². The van der Waals surface area contributed by atoms with E-state index in [1.54, 1.807) is 65.8 Å². The second-order valence-corrected chi connectivity index (χ2v) is 36.2. The predicted octanol–water partition coefficient (Wildman–Crippen LogP) is 14.6. The Labute approximate surface area is 742 Å². The van der Waals surface area contributed by atoms with Gasteiger partial charge in [0, 0.05) is 30.4 Å². The third-order valence-electron chi connectivity index (χ3n) is 25.1. The Hall–Kier alpha value is -7.43. The Morgan fingerprint density at radius 3 is 0.802 bits per heavy atom. The van der Waals surface area contributed by atoms with Gasteiger partial charge in [0.05, 0.1) is 98.5 Å².